The van der Waals surface area contributed by atoms with Gasteiger partial charge in [0.1, 0.15) is 0 Å². The van der Waals surface area contributed by atoms with Crippen molar-refractivity contribution < 1.29 is 4.79 Å². The number of nitrogens with zero attached hydrogens (tertiary/aromatic N) is 3. The van der Waals surface area contributed by atoms with Crippen molar-refractivity contribution >= 4 is 17.3 Å². The lowest BCUT2D eigenvalue weighted by atomic mass is 9.91. The molecule has 0 aromatic carbocycles. The lowest BCUT2D eigenvalue weighted by Crippen LogP contribution is -2.63. The zero-order valence-electron chi connectivity index (χ0n) is 18.4. The predicted molar refractivity (Wildman–Crippen MR) is 125 cm³/mol. The molecular formula is C23H34N8O. The molecule has 32 heavy (non-hydrogen) atoms. The van der Waals surface area contributed by atoms with Crippen molar-refractivity contribution in [2.75, 3.05) is 19.6 Å². The molecule has 5 atom stereocenters. The Kier molecular flexibility index (Phi) is 7.62. The van der Waals surface area contributed by atoms with E-state index in [0.717, 1.165) is 30.7 Å². The van der Waals surface area contributed by atoms with Gasteiger partial charge < -0.3 is 22.1 Å². The van der Waals surface area contributed by atoms with Crippen LogP contribution in [0, 0.1) is 11.8 Å². The molecule has 2 aliphatic carbocycles. The molecule has 1 saturated carbocycles. The number of allylic oxidation sites excluding steroid dienone is 3. The standard InChI is InChI=1S/C23H34N8O/c24-12-20(32)17-14-29-23(30-19-8-2-1-7-18(19)25)31-22(17)28-13-15-5-3-6-16(11-15)21-26-9-4-10-27-21/h3-6,9-10,15,17-19,22,28H,1-2,7-8,11-14,24-25H2,(H2,29,30,31)/t15?,17?,18-,19?,22?/m0/s1. The highest BCUT2D eigenvalue weighted by Gasteiger charge is 2.33. The molecule has 4 rings (SSSR count). The first-order chi connectivity index (χ1) is 15.6. The van der Waals surface area contributed by atoms with E-state index < -0.39 is 0 Å². The lowest BCUT2D eigenvalue weighted by Gasteiger charge is -2.36. The van der Waals surface area contributed by atoms with E-state index in [2.05, 4.69) is 49.1 Å². The number of aliphatic imine (C=N–C) groups is 1. The van der Waals surface area contributed by atoms with E-state index in [1.165, 1.54) is 12.8 Å². The van der Waals surface area contributed by atoms with Crippen LogP contribution in [-0.4, -0.2) is 59.6 Å². The van der Waals surface area contributed by atoms with Crippen molar-refractivity contribution in [3.8, 4) is 0 Å². The second kappa shape index (κ2) is 10.8. The molecule has 0 spiro atoms. The lowest BCUT2D eigenvalue weighted by molar-refractivity contribution is -0.122. The Labute approximate surface area is 189 Å². The van der Waals surface area contributed by atoms with Gasteiger partial charge in [-0.3, -0.25) is 15.1 Å². The molecule has 1 aliphatic heterocycles. The number of guanidine groups is 1. The number of Topliss-reactive ketones (excluding diaryl/α,β-unsaturated/α-hetero) is 1. The molecule has 1 fully saturated rings. The van der Waals surface area contributed by atoms with Gasteiger partial charge in [0.25, 0.3) is 0 Å². The molecule has 3 aliphatic rings. The molecule has 7 N–H and O–H groups in total. The Morgan fingerprint density at radius 1 is 1.22 bits per heavy atom. The number of carbonyl (C=O) groups is 1. The van der Waals surface area contributed by atoms with Crippen LogP contribution in [0.2, 0.25) is 0 Å². The van der Waals surface area contributed by atoms with Crippen molar-refractivity contribution in [1.29, 1.82) is 0 Å². The van der Waals surface area contributed by atoms with E-state index in [1.807, 2.05) is 6.07 Å². The molecule has 1 aromatic heterocycles. The van der Waals surface area contributed by atoms with Crippen LogP contribution in [0.4, 0.5) is 0 Å². The summed E-state index contributed by atoms with van der Waals surface area (Å²) in [5.74, 6) is 1.45. The maximum absolute atomic E-state index is 12.5. The Morgan fingerprint density at radius 3 is 2.81 bits per heavy atom. The molecule has 0 saturated heterocycles. The number of ketones is 1. The van der Waals surface area contributed by atoms with Crippen LogP contribution < -0.4 is 27.4 Å². The Morgan fingerprint density at radius 2 is 2.03 bits per heavy atom. The molecule has 2 heterocycles. The number of nitrogens with two attached hydrogens (primary N) is 2. The second-order valence-corrected chi connectivity index (χ2v) is 8.81. The summed E-state index contributed by atoms with van der Waals surface area (Å²) in [6.07, 6.45) is 14.8. The molecule has 9 nitrogen and oxygen atoms in total. The molecule has 4 unspecified atom stereocenters. The van der Waals surface area contributed by atoms with Crippen molar-refractivity contribution in [3.05, 3.63) is 42.5 Å². The minimum absolute atomic E-state index is 0.00428. The van der Waals surface area contributed by atoms with Gasteiger partial charge in [-0.1, -0.05) is 31.1 Å². The summed E-state index contributed by atoms with van der Waals surface area (Å²) in [5, 5.41) is 10.4. The number of hydrogen-bond acceptors (Lipinski definition) is 9. The van der Waals surface area contributed by atoms with Crippen LogP contribution in [0.15, 0.2) is 41.7 Å². The van der Waals surface area contributed by atoms with E-state index >= 15 is 0 Å². The summed E-state index contributed by atoms with van der Waals surface area (Å²) in [7, 11) is 0. The van der Waals surface area contributed by atoms with Gasteiger partial charge in [-0.05, 0) is 36.8 Å². The molecule has 1 aromatic rings. The number of hydrogen-bond donors (Lipinski definition) is 5. The third-order valence-corrected chi connectivity index (χ3v) is 6.51. The number of carbonyl (C=O) groups excluding carboxylic acids is 1. The molecule has 0 radical (unpaired) electrons. The van der Waals surface area contributed by atoms with Crippen LogP contribution >= 0.6 is 0 Å². The Bertz CT molecular complexity index is 868. The highest BCUT2D eigenvalue weighted by molar-refractivity contribution is 5.87. The third kappa shape index (κ3) is 5.59. The van der Waals surface area contributed by atoms with Gasteiger partial charge in [-0.15, -0.1) is 0 Å². The average Bonchev–Trinajstić information content (AvgIpc) is 2.84. The van der Waals surface area contributed by atoms with E-state index in [-0.39, 0.29) is 42.4 Å². The van der Waals surface area contributed by atoms with E-state index in [1.54, 1.807) is 12.4 Å². The molecule has 0 bridgehead atoms. The molecule has 172 valence electrons. The van der Waals surface area contributed by atoms with Crippen LogP contribution in [0.5, 0.6) is 0 Å². The van der Waals surface area contributed by atoms with Crippen molar-refractivity contribution in [2.24, 2.45) is 28.3 Å². The fraction of sp³-hybridized carbons (Fsp3) is 0.565. The highest BCUT2D eigenvalue weighted by atomic mass is 16.1. The summed E-state index contributed by atoms with van der Waals surface area (Å²) in [6, 6.07) is 2.15. The molecular weight excluding hydrogens is 404 g/mol. The van der Waals surface area contributed by atoms with E-state index in [9.17, 15) is 4.79 Å². The van der Waals surface area contributed by atoms with E-state index in [0.29, 0.717) is 19.0 Å². The fourth-order valence-electron chi connectivity index (χ4n) is 4.62. The van der Waals surface area contributed by atoms with Crippen LogP contribution in [0.25, 0.3) is 5.57 Å². The highest BCUT2D eigenvalue weighted by Crippen LogP contribution is 2.25. The SMILES string of the molecule is NCC(=O)C1CN=C(NC2CCCC[C@@H]2N)NC1NCC1C=CC=C(c2ncccn2)C1. The molecule has 9 heteroatoms. The summed E-state index contributed by atoms with van der Waals surface area (Å²) in [6.45, 7) is 1.13. The summed E-state index contributed by atoms with van der Waals surface area (Å²) in [4.78, 5) is 25.8. The van der Waals surface area contributed by atoms with Gasteiger partial charge in [0.15, 0.2) is 17.6 Å². The van der Waals surface area contributed by atoms with Crippen molar-refractivity contribution in [1.82, 2.24) is 25.9 Å². The number of rotatable bonds is 7. The zero-order chi connectivity index (χ0) is 22.3. The molecule has 0 amide bonds. The van der Waals surface area contributed by atoms with Gasteiger partial charge in [-0.25, -0.2) is 9.97 Å². The maximum atomic E-state index is 12.5. The maximum Gasteiger partial charge on any atom is 0.192 e. The third-order valence-electron chi connectivity index (χ3n) is 6.51. The number of aromatic nitrogens is 2. The topological polar surface area (TPSA) is 143 Å². The first-order valence-electron chi connectivity index (χ1n) is 11.6. The van der Waals surface area contributed by atoms with Gasteiger partial charge in [0, 0.05) is 31.0 Å². The Balaban J connectivity index is 1.37. The summed E-state index contributed by atoms with van der Waals surface area (Å²) >= 11 is 0. The monoisotopic (exact) mass is 438 g/mol. The Hall–Kier alpha value is -2.62. The van der Waals surface area contributed by atoms with Gasteiger partial charge in [0.2, 0.25) is 0 Å². The average molecular weight is 439 g/mol. The minimum Gasteiger partial charge on any atom is -0.352 e. The predicted octanol–water partition coefficient (Wildman–Crippen LogP) is 0.315. The van der Waals surface area contributed by atoms with Crippen molar-refractivity contribution in [2.45, 2.75) is 50.4 Å². The smallest absolute Gasteiger partial charge is 0.192 e. The minimum atomic E-state index is -0.300. The summed E-state index contributed by atoms with van der Waals surface area (Å²) < 4.78 is 0. The largest absolute Gasteiger partial charge is 0.352 e. The normalized spacial score (nSPS) is 30.1. The van der Waals surface area contributed by atoms with Gasteiger partial charge in [0.05, 0.1) is 25.2 Å². The quantitative estimate of drug-likeness (QED) is 0.409. The number of nitrogens with one attached hydrogen (secondary N) is 3. The fourth-order valence-corrected chi connectivity index (χ4v) is 4.62. The summed E-state index contributed by atoms with van der Waals surface area (Å²) in [5.41, 5.74) is 13.1. The van der Waals surface area contributed by atoms with E-state index in [4.69, 9.17) is 11.5 Å². The van der Waals surface area contributed by atoms with Crippen LogP contribution in [0.3, 0.4) is 0 Å². The van der Waals surface area contributed by atoms with Gasteiger partial charge >= 0.3 is 0 Å². The second-order valence-electron chi connectivity index (χ2n) is 8.81. The first-order valence-corrected chi connectivity index (χ1v) is 11.6. The van der Waals surface area contributed by atoms with Crippen molar-refractivity contribution in [3.63, 3.8) is 0 Å². The first kappa shape index (κ1) is 22.6. The van der Waals surface area contributed by atoms with Gasteiger partial charge in [-0.2, -0.15) is 0 Å². The zero-order valence-corrected chi connectivity index (χ0v) is 18.4. The van der Waals surface area contributed by atoms with Crippen LogP contribution in [-0.2, 0) is 4.79 Å². The van der Waals surface area contributed by atoms with Crippen LogP contribution in [0.1, 0.15) is 37.9 Å².